The molecule has 0 bridgehead atoms. The third kappa shape index (κ3) is 3.87. The molecule has 190 valence electrons. The largest absolute Gasteiger partial charge is 0.271 e. The fraction of sp³-hybridized carbons (Fsp3) is 0.241. The summed E-state index contributed by atoms with van der Waals surface area (Å²) in [6.07, 6.45) is 0.561. The van der Waals surface area contributed by atoms with Gasteiger partial charge in [0.25, 0.3) is 17.7 Å². The zero-order valence-corrected chi connectivity index (χ0v) is 21.1. The lowest BCUT2D eigenvalue weighted by atomic mass is 9.98. The summed E-state index contributed by atoms with van der Waals surface area (Å²) in [6, 6.07) is 22.9. The van der Waals surface area contributed by atoms with Crippen molar-refractivity contribution in [1.82, 2.24) is 10.0 Å². The Hall–Kier alpha value is -4.66. The topological polar surface area (TPSA) is 98.0 Å². The van der Waals surface area contributed by atoms with Crippen molar-refractivity contribution in [2.45, 2.75) is 38.4 Å². The molecule has 38 heavy (non-hydrogen) atoms. The molecule has 0 unspecified atom stereocenters. The van der Waals surface area contributed by atoms with Crippen LogP contribution in [0.4, 0.5) is 5.69 Å². The van der Waals surface area contributed by atoms with E-state index in [1.54, 1.807) is 0 Å². The minimum atomic E-state index is -0.971. The number of hydrazone groups is 1. The third-order valence-electron chi connectivity index (χ3n) is 7.28. The first-order chi connectivity index (χ1) is 18.4. The van der Waals surface area contributed by atoms with E-state index >= 15 is 0 Å². The van der Waals surface area contributed by atoms with Gasteiger partial charge in [-0.2, -0.15) is 10.2 Å². The zero-order chi connectivity index (χ0) is 26.4. The SMILES string of the molecule is Cc1cccc(C)c1N1C(=O)[C@H]2N=NN(CC(=O)N3N=C(c4ccccc4)C[C@@H]3c3ccccc3)[C@@H]2C1=O. The smallest absolute Gasteiger partial charge is 0.264 e. The number of imide groups is 1. The number of hydrogen-bond donors (Lipinski definition) is 0. The quantitative estimate of drug-likeness (QED) is 0.489. The van der Waals surface area contributed by atoms with Crippen LogP contribution in [0.1, 0.15) is 34.7 Å². The lowest BCUT2D eigenvalue weighted by molar-refractivity contribution is -0.135. The monoisotopic (exact) mass is 506 g/mol. The highest BCUT2D eigenvalue weighted by atomic mass is 16.2. The van der Waals surface area contributed by atoms with Gasteiger partial charge in [0.15, 0.2) is 12.1 Å². The Morgan fingerprint density at radius 1 is 0.868 bits per heavy atom. The number of para-hydroxylation sites is 1. The molecule has 0 aromatic heterocycles. The molecular formula is C29H26N6O3. The highest BCUT2D eigenvalue weighted by molar-refractivity contribution is 6.26. The predicted molar refractivity (Wildman–Crippen MR) is 141 cm³/mol. The van der Waals surface area contributed by atoms with Crippen LogP contribution in [-0.4, -0.2) is 52.1 Å². The summed E-state index contributed by atoms with van der Waals surface area (Å²) in [7, 11) is 0. The number of aryl methyl sites for hydroxylation is 2. The van der Waals surface area contributed by atoms with Gasteiger partial charge in [-0.1, -0.05) is 84.1 Å². The molecule has 0 spiro atoms. The molecular weight excluding hydrogens is 480 g/mol. The molecule has 0 saturated carbocycles. The Morgan fingerprint density at radius 2 is 1.53 bits per heavy atom. The Bertz CT molecular complexity index is 1470. The Labute approximate surface area is 220 Å². The first kappa shape index (κ1) is 23.7. The molecule has 0 aliphatic carbocycles. The molecule has 3 amide bonds. The second-order valence-electron chi connectivity index (χ2n) is 9.73. The minimum absolute atomic E-state index is 0.223. The van der Waals surface area contributed by atoms with Crippen LogP contribution in [0.3, 0.4) is 0 Å². The Kier molecular flexibility index (Phi) is 5.83. The van der Waals surface area contributed by atoms with Crippen LogP contribution in [-0.2, 0) is 14.4 Å². The molecule has 9 nitrogen and oxygen atoms in total. The molecule has 0 radical (unpaired) electrons. The maximum atomic E-state index is 13.7. The number of amides is 3. The number of rotatable bonds is 5. The number of fused-ring (bicyclic) bond motifs is 1. The summed E-state index contributed by atoms with van der Waals surface area (Å²) < 4.78 is 0. The molecule has 3 atom stereocenters. The summed E-state index contributed by atoms with van der Waals surface area (Å²) in [5.41, 5.74) is 4.92. The van der Waals surface area contributed by atoms with Gasteiger partial charge in [0.05, 0.1) is 17.4 Å². The molecule has 3 heterocycles. The molecule has 3 aliphatic heterocycles. The van der Waals surface area contributed by atoms with Gasteiger partial charge in [-0.15, -0.1) is 0 Å². The van der Waals surface area contributed by atoms with Crippen molar-refractivity contribution in [1.29, 1.82) is 0 Å². The van der Waals surface area contributed by atoms with Gasteiger partial charge in [-0.05, 0) is 36.1 Å². The Morgan fingerprint density at radius 3 is 2.21 bits per heavy atom. The summed E-state index contributed by atoms with van der Waals surface area (Å²) in [6.45, 7) is 3.50. The van der Waals surface area contributed by atoms with Gasteiger partial charge in [-0.25, -0.2) is 9.91 Å². The van der Waals surface area contributed by atoms with E-state index in [1.807, 2.05) is 92.7 Å². The van der Waals surface area contributed by atoms with Crippen LogP contribution in [0, 0.1) is 13.8 Å². The molecule has 3 aromatic carbocycles. The molecule has 0 N–H and O–H groups in total. The third-order valence-corrected chi connectivity index (χ3v) is 7.28. The van der Waals surface area contributed by atoms with E-state index in [4.69, 9.17) is 5.10 Å². The van der Waals surface area contributed by atoms with Crippen molar-refractivity contribution in [3.05, 3.63) is 101 Å². The first-order valence-electron chi connectivity index (χ1n) is 12.6. The number of nitrogens with zero attached hydrogens (tertiary/aromatic N) is 6. The van der Waals surface area contributed by atoms with E-state index in [1.165, 1.54) is 14.9 Å². The van der Waals surface area contributed by atoms with Crippen molar-refractivity contribution in [2.75, 3.05) is 11.4 Å². The van der Waals surface area contributed by atoms with Gasteiger partial charge in [-0.3, -0.25) is 19.4 Å². The highest BCUT2D eigenvalue weighted by Crippen LogP contribution is 2.36. The number of carbonyl (C=O) groups excluding carboxylic acids is 3. The van der Waals surface area contributed by atoms with E-state index < -0.39 is 23.9 Å². The first-order valence-corrected chi connectivity index (χ1v) is 12.6. The summed E-state index contributed by atoms with van der Waals surface area (Å²) in [5, 5.41) is 15.7. The van der Waals surface area contributed by atoms with Gasteiger partial charge < -0.3 is 0 Å². The normalized spacial score (nSPS) is 22.3. The molecule has 9 heteroatoms. The molecule has 3 aromatic rings. The van der Waals surface area contributed by atoms with Gasteiger partial charge >= 0.3 is 0 Å². The van der Waals surface area contributed by atoms with E-state index in [0.717, 1.165) is 28.0 Å². The highest BCUT2D eigenvalue weighted by Gasteiger charge is 2.55. The lowest BCUT2D eigenvalue weighted by Crippen LogP contribution is -2.45. The van der Waals surface area contributed by atoms with Crippen molar-refractivity contribution in [2.24, 2.45) is 15.4 Å². The molecule has 6 rings (SSSR count). The number of anilines is 1. The van der Waals surface area contributed by atoms with Crippen LogP contribution in [0.2, 0.25) is 0 Å². The second-order valence-corrected chi connectivity index (χ2v) is 9.73. The van der Waals surface area contributed by atoms with Gasteiger partial charge in [0, 0.05) is 6.42 Å². The van der Waals surface area contributed by atoms with Crippen molar-refractivity contribution in [3.8, 4) is 0 Å². The maximum absolute atomic E-state index is 13.7. The van der Waals surface area contributed by atoms with E-state index in [0.29, 0.717) is 12.1 Å². The second kappa shape index (κ2) is 9.33. The molecule has 3 aliphatic rings. The van der Waals surface area contributed by atoms with E-state index in [2.05, 4.69) is 10.3 Å². The van der Waals surface area contributed by atoms with Crippen molar-refractivity contribution in [3.63, 3.8) is 0 Å². The molecule has 1 fully saturated rings. The van der Waals surface area contributed by atoms with Crippen LogP contribution in [0.15, 0.2) is 94.3 Å². The summed E-state index contributed by atoms with van der Waals surface area (Å²) in [5.74, 6) is -1.18. The fourth-order valence-electron chi connectivity index (χ4n) is 5.42. The Balaban J connectivity index is 1.27. The summed E-state index contributed by atoms with van der Waals surface area (Å²) >= 11 is 0. The average molecular weight is 507 g/mol. The lowest BCUT2D eigenvalue weighted by Gasteiger charge is -2.26. The summed E-state index contributed by atoms with van der Waals surface area (Å²) in [4.78, 5) is 41.6. The van der Waals surface area contributed by atoms with Crippen LogP contribution < -0.4 is 4.90 Å². The van der Waals surface area contributed by atoms with E-state index in [-0.39, 0.29) is 18.5 Å². The van der Waals surface area contributed by atoms with Crippen LogP contribution in [0.5, 0.6) is 0 Å². The van der Waals surface area contributed by atoms with Gasteiger partial charge in [0.1, 0.15) is 6.54 Å². The predicted octanol–water partition coefficient (Wildman–Crippen LogP) is 3.97. The van der Waals surface area contributed by atoms with Crippen molar-refractivity contribution < 1.29 is 14.4 Å². The fourth-order valence-corrected chi connectivity index (χ4v) is 5.42. The molecule has 1 saturated heterocycles. The van der Waals surface area contributed by atoms with Gasteiger partial charge in [0.2, 0.25) is 0 Å². The zero-order valence-electron chi connectivity index (χ0n) is 21.1. The standard InChI is InChI=1S/C29H26N6O3/c1-18-10-9-11-19(2)26(18)34-28(37)25-27(29(34)38)33(32-30-25)17-24(36)35-23(21-14-7-4-8-15-21)16-22(31-35)20-12-5-3-6-13-20/h3-15,23,25,27H,16-17H2,1-2H3/t23-,25+,27+/m1/s1. The average Bonchev–Trinajstić information content (AvgIpc) is 3.62. The minimum Gasteiger partial charge on any atom is -0.271 e. The van der Waals surface area contributed by atoms with E-state index in [9.17, 15) is 14.4 Å². The van der Waals surface area contributed by atoms with Crippen molar-refractivity contribution >= 4 is 29.1 Å². The van der Waals surface area contributed by atoms with Crippen LogP contribution >= 0.6 is 0 Å². The number of benzene rings is 3. The number of hydrogen-bond acceptors (Lipinski definition) is 7. The van der Waals surface area contributed by atoms with Crippen LogP contribution in [0.25, 0.3) is 0 Å². The maximum Gasteiger partial charge on any atom is 0.264 e. The number of carbonyl (C=O) groups is 3.